The van der Waals surface area contributed by atoms with Gasteiger partial charge < -0.3 is 0 Å². The van der Waals surface area contributed by atoms with Crippen LogP contribution in [-0.4, -0.2) is 0 Å². The molecule has 0 nitrogen and oxygen atoms in total. The Bertz CT molecular complexity index is 535. The smallest absolute Gasteiger partial charge is 0.166 e. The summed E-state index contributed by atoms with van der Waals surface area (Å²) in [6.07, 6.45) is 0. The highest BCUT2D eigenvalue weighted by molar-refractivity contribution is 14.1. The van der Waals surface area contributed by atoms with Crippen LogP contribution in [0.3, 0.4) is 0 Å². The molecule has 0 aliphatic rings. The number of aryl methyl sites for hydroxylation is 1. The number of benzene rings is 2. The molecule has 82 valence electrons. The fraction of sp³-hybridized carbons (Fsp3) is 0.0769. The Morgan fingerprint density at radius 2 is 1.75 bits per heavy atom. The van der Waals surface area contributed by atoms with Crippen LogP contribution in [0.4, 0.5) is 8.78 Å². The summed E-state index contributed by atoms with van der Waals surface area (Å²) in [6, 6.07) is 9.88. The lowest BCUT2D eigenvalue weighted by molar-refractivity contribution is 0.511. The van der Waals surface area contributed by atoms with Gasteiger partial charge in [0.25, 0.3) is 0 Å². The molecule has 0 atom stereocenters. The summed E-state index contributed by atoms with van der Waals surface area (Å²) < 4.78 is 27.6. The van der Waals surface area contributed by atoms with Gasteiger partial charge in [-0.3, -0.25) is 0 Å². The molecule has 16 heavy (non-hydrogen) atoms. The van der Waals surface area contributed by atoms with Gasteiger partial charge in [0.2, 0.25) is 0 Å². The molecule has 0 aliphatic heterocycles. The highest BCUT2D eigenvalue weighted by Gasteiger charge is 2.11. The Morgan fingerprint density at radius 3 is 2.44 bits per heavy atom. The van der Waals surface area contributed by atoms with E-state index in [4.69, 9.17) is 0 Å². The Hall–Kier alpha value is -0.970. The minimum absolute atomic E-state index is 0.310. The monoisotopic (exact) mass is 330 g/mol. The maximum Gasteiger partial charge on any atom is 0.166 e. The van der Waals surface area contributed by atoms with Gasteiger partial charge in [-0.25, -0.2) is 8.78 Å². The second-order valence-corrected chi connectivity index (χ2v) is 4.75. The first kappa shape index (κ1) is 11.5. The van der Waals surface area contributed by atoms with Crippen molar-refractivity contribution in [2.24, 2.45) is 0 Å². The van der Waals surface area contributed by atoms with Crippen molar-refractivity contribution in [3.05, 3.63) is 57.2 Å². The second kappa shape index (κ2) is 4.49. The molecule has 0 fully saturated rings. The van der Waals surface area contributed by atoms with E-state index in [1.165, 1.54) is 6.07 Å². The second-order valence-electron chi connectivity index (χ2n) is 3.58. The Morgan fingerprint density at radius 1 is 1.00 bits per heavy atom. The van der Waals surface area contributed by atoms with Crippen LogP contribution in [0.5, 0.6) is 0 Å². The largest absolute Gasteiger partial charge is 0.204 e. The third kappa shape index (κ3) is 2.09. The molecule has 0 aliphatic carbocycles. The molecule has 0 radical (unpaired) electrons. The van der Waals surface area contributed by atoms with Crippen LogP contribution in [0.2, 0.25) is 0 Å². The standard InChI is InChI=1S/C13H9F2I/c1-8-5-6-9(12(16)7-8)10-3-2-4-11(14)13(10)15/h2-7H,1H3. The molecule has 0 amide bonds. The average molecular weight is 330 g/mol. The molecule has 0 aromatic heterocycles. The van der Waals surface area contributed by atoms with Crippen LogP contribution in [0, 0.1) is 22.1 Å². The number of hydrogen-bond donors (Lipinski definition) is 0. The van der Waals surface area contributed by atoms with Gasteiger partial charge in [0.05, 0.1) is 0 Å². The van der Waals surface area contributed by atoms with Crippen LogP contribution >= 0.6 is 22.6 Å². The first-order valence-corrected chi connectivity index (χ1v) is 5.88. The normalized spacial score (nSPS) is 10.5. The molecular weight excluding hydrogens is 321 g/mol. The minimum atomic E-state index is -0.811. The van der Waals surface area contributed by atoms with Crippen molar-refractivity contribution in [3.63, 3.8) is 0 Å². The molecule has 0 N–H and O–H groups in total. The molecule has 2 aromatic rings. The predicted molar refractivity (Wildman–Crippen MR) is 69.2 cm³/mol. The predicted octanol–water partition coefficient (Wildman–Crippen LogP) is 4.54. The molecule has 2 rings (SSSR count). The van der Waals surface area contributed by atoms with E-state index in [0.717, 1.165) is 20.8 Å². The van der Waals surface area contributed by atoms with Gasteiger partial charge in [-0.2, -0.15) is 0 Å². The van der Waals surface area contributed by atoms with Gasteiger partial charge in [-0.05, 0) is 47.2 Å². The number of halogens is 3. The summed E-state index contributed by atoms with van der Waals surface area (Å²) in [7, 11) is 0. The fourth-order valence-electron chi connectivity index (χ4n) is 1.55. The lowest BCUT2D eigenvalue weighted by Gasteiger charge is -2.07. The zero-order valence-corrected chi connectivity index (χ0v) is 10.8. The molecule has 3 heteroatoms. The van der Waals surface area contributed by atoms with Gasteiger partial charge >= 0.3 is 0 Å². The van der Waals surface area contributed by atoms with E-state index in [-0.39, 0.29) is 0 Å². The van der Waals surface area contributed by atoms with E-state index >= 15 is 0 Å². The number of rotatable bonds is 1. The Kier molecular flexibility index (Phi) is 3.23. The molecule has 0 bridgehead atoms. The van der Waals surface area contributed by atoms with E-state index in [1.54, 1.807) is 6.07 Å². The maximum absolute atomic E-state index is 13.6. The van der Waals surface area contributed by atoms with Gasteiger partial charge in [0, 0.05) is 9.13 Å². The van der Waals surface area contributed by atoms with Gasteiger partial charge in [0.15, 0.2) is 11.6 Å². The van der Waals surface area contributed by atoms with E-state index in [9.17, 15) is 8.78 Å². The SMILES string of the molecule is Cc1ccc(-c2cccc(F)c2F)c(I)c1. The molecular formula is C13H9F2I. The Balaban J connectivity index is 2.63. The fourth-order valence-corrected chi connectivity index (χ4v) is 2.51. The van der Waals surface area contributed by atoms with Crippen LogP contribution in [0.15, 0.2) is 36.4 Å². The topological polar surface area (TPSA) is 0 Å². The summed E-state index contributed by atoms with van der Waals surface area (Å²) in [5.74, 6) is -1.60. The zero-order chi connectivity index (χ0) is 11.7. The van der Waals surface area contributed by atoms with Crippen LogP contribution in [0.25, 0.3) is 11.1 Å². The summed E-state index contributed by atoms with van der Waals surface area (Å²) in [6.45, 7) is 1.97. The molecule has 0 saturated carbocycles. The van der Waals surface area contributed by atoms with Gasteiger partial charge in [0.1, 0.15) is 0 Å². The first-order chi connectivity index (χ1) is 7.59. The minimum Gasteiger partial charge on any atom is -0.204 e. The summed E-state index contributed by atoms with van der Waals surface area (Å²) >= 11 is 2.13. The van der Waals surface area contributed by atoms with Crippen molar-refractivity contribution in [2.75, 3.05) is 0 Å². The highest BCUT2D eigenvalue weighted by Crippen LogP contribution is 2.29. The van der Waals surface area contributed by atoms with Crippen molar-refractivity contribution in [1.29, 1.82) is 0 Å². The first-order valence-electron chi connectivity index (χ1n) is 4.80. The molecule has 0 saturated heterocycles. The van der Waals surface area contributed by atoms with Gasteiger partial charge in [-0.1, -0.05) is 29.8 Å². The molecule has 0 spiro atoms. The van der Waals surface area contributed by atoms with E-state index in [1.807, 2.05) is 25.1 Å². The van der Waals surface area contributed by atoms with Crippen molar-refractivity contribution in [1.82, 2.24) is 0 Å². The van der Waals surface area contributed by atoms with Crippen LogP contribution in [0.1, 0.15) is 5.56 Å². The summed E-state index contributed by atoms with van der Waals surface area (Å²) in [5.41, 5.74) is 2.14. The van der Waals surface area contributed by atoms with Crippen molar-refractivity contribution < 1.29 is 8.78 Å². The van der Waals surface area contributed by atoms with Gasteiger partial charge in [-0.15, -0.1) is 0 Å². The molecule has 0 heterocycles. The highest BCUT2D eigenvalue weighted by atomic mass is 127. The van der Waals surface area contributed by atoms with Crippen LogP contribution < -0.4 is 0 Å². The quantitative estimate of drug-likeness (QED) is 0.673. The van der Waals surface area contributed by atoms with Crippen molar-refractivity contribution >= 4 is 22.6 Å². The van der Waals surface area contributed by atoms with Crippen molar-refractivity contribution in [3.8, 4) is 11.1 Å². The maximum atomic E-state index is 13.6. The van der Waals surface area contributed by atoms with E-state index in [0.29, 0.717) is 5.56 Å². The third-order valence-corrected chi connectivity index (χ3v) is 3.26. The molecule has 0 unspecified atom stereocenters. The van der Waals surface area contributed by atoms with Crippen LogP contribution in [-0.2, 0) is 0 Å². The lowest BCUT2D eigenvalue weighted by atomic mass is 10.0. The third-order valence-electron chi connectivity index (χ3n) is 2.37. The average Bonchev–Trinajstić information content (AvgIpc) is 2.23. The summed E-state index contributed by atoms with van der Waals surface area (Å²) in [4.78, 5) is 0. The van der Waals surface area contributed by atoms with Crippen molar-refractivity contribution in [2.45, 2.75) is 6.92 Å². The van der Waals surface area contributed by atoms with E-state index in [2.05, 4.69) is 22.6 Å². The summed E-state index contributed by atoms with van der Waals surface area (Å²) in [5, 5.41) is 0. The Labute approximate surface area is 106 Å². The molecule has 2 aromatic carbocycles. The van der Waals surface area contributed by atoms with E-state index < -0.39 is 11.6 Å². The number of hydrogen-bond acceptors (Lipinski definition) is 0. The lowest BCUT2D eigenvalue weighted by Crippen LogP contribution is -1.91. The zero-order valence-electron chi connectivity index (χ0n) is 8.60.